The van der Waals surface area contributed by atoms with Crippen LogP contribution in [-0.4, -0.2) is 12.6 Å². The van der Waals surface area contributed by atoms with Crippen LogP contribution in [-0.2, 0) is 9.53 Å². The van der Waals surface area contributed by atoms with Crippen LogP contribution >= 0.6 is 0 Å². The fourth-order valence-electron chi connectivity index (χ4n) is 3.39. The van der Waals surface area contributed by atoms with Crippen LogP contribution < -0.4 is 0 Å². The number of hydrogen-bond donors (Lipinski definition) is 0. The van der Waals surface area contributed by atoms with E-state index < -0.39 is 5.97 Å². The predicted octanol–water partition coefficient (Wildman–Crippen LogP) is 2.24. The number of terminal acetylenes is 1. The predicted molar refractivity (Wildman–Crippen MR) is 57.9 cm³/mol. The van der Waals surface area contributed by atoms with Gasteiger partial charge in [-0.3, -0.25) is 0 Å². The van der Waals surface area contributed by atoms with Crippen LogP contribution in [0.5, 0.6) is 0 Å². The smallest absolute Gasteiger partial charge is 0.384 e. The summed E-state index contributed by atoms with van der Waals surface area (Å²) in [5.74, 6) is 3.62. The van der Waals surface area contributed by atoms with Gasteiger partial charge in [0.05, 0.1) is 6.61 Å². The van der Waals surface area contributed by atoms with Crippen molar-refractivity contribution in [2.24, 2.45) is 23.2 Å². The molecule has 2 heteroatoms. The summed E-state index contributed by atoms with van der Waals surface area (Å²) in [5.41, 5.74) is 0.450. The fraction of sp³-hybridized carbons (Fsp3) is 0.769. The summed E-state index contributed by atoms with van der Waals surface area (Å²) in [6.07, 6.45) is 8.74. The van der Waals surface area contributed by atoms with Crippen LogP contribution in [0.1, 0.15) is 33.1 Å². The molecule has 3 fully saturated rings. The molecule has 15 heavy (non-hydrogen) atoms. The van der Waals surface area contributed by atoms with E-state index in [4.69, 9.17) is 11.2 Å². The zero-order valence-electron chi connectivity index (χ0n) is 9.45. The van der Waals surface area contributed by atoms with Crippen molar-refractivity contribution in [3.8, 4) is 12.3 Å². The number of rotatable bonds is 2. The van der Waals surface area contributed by atoms with Gasteiger partial charge in [-0.2, -0.15) is 0 Å². The van der Waals surface area contributed by atoms with Crippen molar-refractivity contribution >= 4 is 5.97 Å². The lowest BCUT2D eigenvalue weighted by molar-refractivity contribution is -0.150. The molecule has 3 saturated carbocycles. The Morgan fingerprint density at radius 1 is 1.53 bits per heavy atom. The van der Waals surface area contributed by atoms with Crippen molar-refractivity contribution in [1.82, 2.24) is 0 Å². The van der Waals surface area contributed by atoms with E-state index in [1.165, 1.54) is 19.3 Å². The van der Waals surface area contributed by atoms with Gasteiger partial charge in [0.1, 0.15) is 0 Å². The topological polar surface area (TPSA) is 26.3 Å². The van der Waals surface area contributed by atoms with Gasteiger partial charge in [0.25, 0.3) is 0 Å². The monoisotopic (exact) mass is 206 g/mol. The van der Waals surface area contributed by atoms with E-state index in [9.17, 15) is 4.79 Å². The third-order valence-corrected chi connectivity index (χ3v) is 4.55. The molecule has 0 amide bonds. The van der Waals surface area contributed by atoms with Gasteiger partial charge in [0.2, 0.25) is 0 Å². The lowest BCUT2D eigenvalue weighted by atomic mass is 9.46. The Bertz CT molecular complexity index is 309. The highest BCUT2D eigenvalue weighted by Gasteiger charge is 2.54. The molecule has 0 aliphatic heterocycles. The Morgan fingerprint density at radius 2 is 2.27 bits per heavy atom. The van der Waals surface area contributed by atoms with Gasteiger partial charge in [-0.25, -0.2) is 4.79 Å². The fourth-order valence-corrected chi connectivity index (χ4v) is 3.39. The van der Waals surface area contributed by atoms with Crippen molar-refractivity contribution in [2.45, 2.75) is 33.1 Å². The Kier molecular flexibility index (Phi) is 2.50. The van der Waals surface area contributed by atoms with Crippen LogP contribution in [0, 0.1) is 35.5 Å². The van der Waals surface area contributed by atoms with Crippen LogP contribution in [0.2, 0.25) is 0 Å². The number of carbonyl (C=O) groups excluding carboxylic acids is 1. The van der Waals surface area contributed by atoms with Crippen LogP contribution in [0.25, 0.3) is 0 Å². The van der Waals surface area contributed by atoms with Crippen LogP contribution in [0.3, 0.4) is 0 Å². The quantitative estimate of drug-likeness (QED) is 0.393. The second kappa shape index (κ2) is 3.56. The minimum atomic E-state index is -0.519. The summed E-state index contributed by atoms with van der Waals surface area (Å²) in [4.78, 5) is 10.9. The van der Waals surface area contributed by atoms with Gasteiger partial charge in [0, 0.05) is 5.92 Å². The molecule has 3 aliphatic carbocycles. The molecule has 0 aromatic rings. The molecular weight excluding hydrogens is 188 g/mol. The first-order valence-corrected chi connectivity index (χ1v) is 5.69. The number of ether oxygens (including phenoxy) is 1. The summed E-state index contributed by atoms with van der Waals surface area (Å²) >= 11 is 0. The molecule has 0 saturated heterocycles. The molecule has 0 radical (unpaired) electrons. The van der Waals surface area contributed by atoms with Gasteiger partial charge >= 0.3 is 5.97 Å². The zero-order valence-corrected chi connectivity index (χ0v) is 9.45. The lowest BCUT2D eigenvalue weighted by Gasteiger charge is -2.59. The average molecular weight is 206 g/mol. The summed E-state index contributed by atoms with van der Waals surface area (Å²) in [6, 6.07) is 0. The molecule has 2 nitrogen and oxygen atoms in total. The minimum absolute atomic E-state index is 0.450. The highest BCUT2D eigenvalue weighted by atomic mass is 16.5. The molecule has 3 rings (SSSR count). The van der Waals surface area contributed by atoms with Crippen molar-refractivity contribution in [2.75, 3.05) is 6.61 Å². The van der Waals surface area contributed by atoms with E-state index in [1.807, 2.05) is 5.92 Å². The first kappa shape index (κ1) is 10.5. The maximum Gasteiger partial charge on any atom is 0.384 e. The molecular formula is C13H18O2. The Balaban J connectivity index is 1.89. The van der Waals surface area contributed by atoms with Crippen molar-refractivity contribution in [3.63, 3.8) is 0 Å². The second-order valence-corrected chi connectivity index (χ2v) is 5.44. The summed E-state index contributed by atoms with van der Waals surface area (Å²) in [6.45, 7) is 5.19. The summed E-state index contributed by atoms with van der Waals surface area (Å²) < 4.78 is 5.04. The molecule has 0 heterocycles. The van der Waals surface area contributed by atoms with Crippen molar-refractivity contribution in [3.05, 3.63) is 0 Å². The first-order valence-electron chi connectivity index (χ1n) is 5.69. The largest absolute Gasteiger partial charge is 0.456 e. The maximum atomic E-state index is 10.9. The lowest BCUT2D eigenvalue weighted by Crippen LogP contribution is -2.53. The third kappa shape index (κ3) is 1.65. The molecule has 3 atom stereocenters. The second-order valence-electron chi connectivity index (χ2n) is 5.44. The van der Waals surface area contributed by atoms with E-state index in [-0.39, 0.29) is 0 Å². The third-order valence-electron chi connectivity index (χ3n) is 4.55. The Hall–Kier alpha value is -0.970. The van der Waals surface area contributed by atoms with Gasteiger partial charge < -0.3 is 4.74 Å². The summed E-state index contributed by atoms with van der Waals surface area (Å²) in [5, 5.41) is 0. The first-order chi connectivity index (χ1) is 7.05. The Morgan fingerprint density at radius 3 is 2.80 bits per heavy atom. The van der Waals surface area contributed by atoms with Crippen molar-refractivity contribution < 1.29 is 9.53 Å². The molecule has 0 aromatic heterocycles. The Labute approximate surface area is 91.4 Å². The number of fused-ring (bicyclic) bond motifs is 2. The minimum Gasteiger partial charge on any atom is -0.456 e. The number of esters is 1. The molecule has 0 aromatic carbocycles. The summed E-state index contributed by atoms with van der Waals surface area (Å²) in [7, 11) is 0. The molecule has 2 bridgehead atoms. The van der Waals surface area contributed by atoms with Gasteiger partial charge in [-0.1, -0.05) is 13.8 Å². The average Bonchev–Trinajstić information content (AvgIpc) is 2.25. The zero-order chi connectivity index (χ0) is 11.1. The van der Waals surface area contributed by atoms with Crippen LogP contribution in [0.15, 0.2) is 0 Å². The maximum absolute atomic E-state index is 10.9. The molecule has 82 valence electrons. The molecule has 3 aliphatic rings. The van der Waals surface area contributed by atoms with E-state index in [2.05, 4.69) is 13.8 Å². The number of hydrogen-bond acceptors (Lipinski definition) is 2. The highest BCUT2D eigenvalue weighted by molar-refractivity contribution is 5.87. The van der Waals surface area contributed by atoms with Gasteiger partial charge in [-0.15, -0.1) is 6.42 Å². The SMILES string of the molecule is C#CC(=O)OCC1CC[C@H]2C[C@@H]1C2(C)C. The van der Waals surface area contributed by atoms with E-state index in [1.54, 1.807) is 0 Å². The van der Waals surface area contributed by atoms with Gasteiger partial charge in [0.15, 0.2) is 0 Å². The number of carbonyl (C=O) groups is 1. The van der Waals surface area contributed by atoms with E-state index in [0.717, 1.165) is 11.8 Å². The standard InChI is InChI=1S/C13H18O2/c1-4-12(14)15-8-9-5-6-10-7-11(9)13(10,2)3/h1,9-11H,5-8H2,2-3H3/t9?,10-,11-/m0/s1. The van der Waals surface area contributed by atoms with Crippen molar-refractivity contribution in [1.29, 1.82) is 0 Å². The van der Waals surface area contributed by atoms with E-state index >= 15 is 0 Å². The normalized spacial score (nSPS) is 36.2. The molecule has 0 N–H and O–H groups in total. The van der Waals surface area contributed by atoms with E-state index in [0.29, 0.717) is 17.9 Å². The highest BCUT2D eigenvalue weighted by Crippen LogP contribution is 2.61. The molecule has 1 unspecified atom stereocenters. The van der Waals surface area contributed by atoms with Gasteiger partial charge in [-0.05, 0) is 42.4 Å². The van der Waals surface area contributed by atoms with Crippen LogP contribution in [0.4, 0.5) is 0 Å². The molecule has 0 spiro atoms.